The summed E-state index contributed by atoms with van der Waals surface area (Å²) in [6.45, 7) is 2.50. The molecule has 4 nitrogen and oxygen atoms in total. The van der Waals surface area contributed by atoms with Gasteiger partial charge in [-0.05, 0) is 48.9 Å². The van der Waals surface area contributed by atoms with Gasteiger partial charge in [-0.3, -0.25) is 4.99 Å². The van der Waals surface area contributed by atoms with Crippen LogP contribution in [0.15, 0.2) is 41.4 Å². The van der Waals surface area contributed by atoms with Gasteiger partial charge in [-0.1, -0.05) is 17.5 Å². The zero-order valence-electron chi connectivity index (χ0n) is 13.6. The predicted molar refractivity (Wildman–Crippen MR) is 97.2 cm³/mol. The molecular weight excluding hydrogens is 326 g/mol. The smallest absolute Gasteiger partial charge is 0.181 e. The van der Waals surface area contributed by atoms with Crippen LogP contribution in [-0.4, -0.2) is 26.5 Å². The van der Waals surface area contributed by atoms with E-state index in [1.54, 1.807) is 19.4 Å². The van der Waals surface area contributed by atoms with E-state index in [-0.39, 0.29) is 6.61 Å². The fourth-order valence-electron chi connectivity index (χ4n) is 2.00. The number of halogens is 1. The molecule has 24 heavy (non-hydrogen) atoms. The molecule has 2 aromatic carbocycles. The van der Waals surface area contributed by atoms with E-state index in [4.69, 9.17) is 32.2 Å². The minimum atomic E-state index is 0.124. The molecule has 0 N–H and O–H groups in total. The summed E-state index contributed by atoms with van der Waals surface area (Å²) in [5.74, 6) is 4.17. The van der Waals surface area contributed by atoms with E-state index in [2.05, 4.69) is 10.9 Å². The Morgan fingerprint density at radius 1 is 1.21 bits per heavy atom. The predicted octanol–water partition coefficient (Wildman–Crippen LogP) is 4.51. The maximum atomic E-state index is 6.28. The van der Waals surface area contributed by atoms with Crippen LogP contribution in [0.25, 0.3) is 0 Å². The maximum absolute atomic E-state index is 6.28. The molecule has 0 aromatic heterocycles. The molecule has 2 rings (SSSR count). The van der Waals surface area contributed by atoms with E-state index in [0.29, 0.717) is 23.1 Å². The number of methoxy groups -OCH3 is 1. The molecule has 0 bridgehead atoms. The second-order valence-corrected chi connectivity index (χ2v) is 5.12. The van der Waals surface area contributed by atoms with Crippen molar-refractivity contribution in [3.63, 3.8) is 0 Å². The molecule has 0 aliphatic carbocycles. The molecule has 0 unspecified atom stereocenters. The van der Waals surface area contributed by atoms with Gasteiger partial charge in [0.05, 0.1) is 24.4 Å². The van der Waals surface area contributed by atoms with Gasteiger partial charge in [0.15, 0.2) is 11.5 Å². The molecule has 0 saturated carbocycles. The highest BCUT2D eigenvalue weighted by Gasteiger charge is 2.11. The normalized spacial score (nSPS) is 10.4. The number of terminal acetylenes is 1. The number of hydrogen-bond donors (Lipinski definition) is 0. The Bertz CT molecular complexity index is 748. The molecule has 0 amide bonds. The van der Waals surface area contributed by atoms with Gasteiger partial charge in [0, 0.05) is 6.21 Å². The Morgan fingerprint density at radius 3 is 2.58 bits per heavy atom. The average Bonchev–Trinajstić information content (AvgIpc) is 2.60. The van der Waals surface area contributed by atoms with Crippen molar-refractivity contribution >= 4 is 23.5 Å². The lowest BCUT2D eigenvalue weighted by atomic mass is 10.2. The second-order valence-electron chi connectivity index (χ2n) is 4.71. The van der Waals surface area contributed by atoms with Crippen LogP contribution in [0, 0.1) is 12.3 Å². The average molecular weight is 344 g/mol. The van der Waals surface area contributed by atoms with E-state index in [0.717, 1.165) is 17.0 Å². The van der Waals surface area contributed by atoms with Gasteiger partial charge in [-0.2, -0.15) is 0 Å². The molecule has 0 heterocycles. The van der Waals surface area contributed by atoms with Gasteiger partial charge < -0.3 is 14.2 Å². The van der Waals surface area contributed by atoms with Crippen LogP contribution in [0.4, 0.5) is 5.69 Å². The number of rotatable bonds is 7. The van der Waals surface area contributed by atoms with Crippen LogP contribution >= 0.6 is 11.6 Å². The van der Waals surface area contributed by atoms with Gasteiger partial charge in [0.25, 0.3) is 0 Å². The van der Waals surface area contributed by atoms with Crippen LogP contribution in [-0.2, 0) is 0 Å². The van der Waals surface area contributed by atoms with E-state index >= 15 is 0 Å². The zero-order chi connectivity index (χ0) is 17.4. The van der Waals surface area contributed by atoms with E-state index in [9.17, 15) is 0 Å². The first-order chi connectivity index (χ1) is 11.7. The van der Waals surface area contributed by atoms with Gasteiger partial charge in [-0.25, -0.2) is 0 Å². The number of benzene rings is 2. The quantitative estimate of drug-likeness (QED) is 0.548. The lowest BCUT2D eigenvalue weighted by Crippen LogP contribution is -2.01. The van der Waals surface area contributed by atoms with Crippen LogP contribution in [0.2, 0.25) is 5.02 Å². The highest BCUT2D eigenvalue weighted by Crippen LogP contribution is 2.36. The van der Waals surface area contributed by atoms with Crippen molar-refractivity contribution in [3.8, 4) is 29.6 Å². The van der Waals surface area contributed by atoms with E-state index in [1.807, 2.05) is 37.3 Å². The molecule has 0 spiro atoms. The molecule has 0 aliphatic rings. The Hall–Kier alpha value is -2.64. The van der Waals surface area contributed by atoms with Gasteiger partial charge >= 0.3 is 0 Å². The highest BCUT2D eigenvalue weighted by atomic mass is 35.5. The van der Waals surface area contributed by atoms with Crippen molar-refractivity contribution in [2.75, 3.05) is 20.3 Å². The minimum Gasteiger partial charge on any atom is -0.497 e. The lowest BCUT2D eigenvalue weighted by molar-refractivity contribution is 0.299. The molecule has 0 saturated heterocycles. The van der Waals surface area contributed by atoms with Gasteiger partial charge in [0.2, 0.25) is 0 Å². The Labute approximate surface area is 147 Å². The Balaban J connectivity index is 2.26. The summed E-state index contributed by atoms with van der Waals surface area (Å²) < 4.78 is 16.2. The van der Waals surface area contributed by atoms with Crippen LogP contribution in [0.1, 0.15) is 12.5 Å². The Morgan fingerprint density at radius 2 is 1.96 bits per heavy atom. The van der Waals surface area contributed by atoms with Crippen molar-refractivity contribution in [2.45, 2.75) is 6.92 Å². The summed E-state index contributed by atoms with van der Waals surface area (Å²) in [4.78, 5) is 4.42. The second kappa shape index (κ2) is 8.85. The first-order valence-electron chi connectivity index (χ1n) is 7.38. The number of nitrogens with zero attached hydrogens (tertiary/aromatic N) is 1. The third-order valence-corrected chi connectivity index (χ3v) is 3.35. The van der Waals surface area contributed by atoms with Crippen molar-refractivity contribution in [1.82, 2.24) is 0 Å². The summed E-state index contributed by atoms with van der Waals surface area (Å²) in [7, 11) is 1.62. The van der Waals surface area contributed by atoms with Crippen LogP contribution in [0.3, 0.4) is 0 Å². The molecule has 0 radical (unpaired) electrons. The monoisotopic (exact) mass is 343 g/mol. The number of hydrogen-bond acceptors (Lipinski definition) is 4. The third kappa shape index (κ3) is 4.68. The standard InChI is InChI=1S/C19H18ClNO3/c1-4-10-24-19-17(20)11-14(12-18(19)23-5-2)13-21-15-6-8-16(22-3)9-7-15/h1,6-9,11-13H,5,10H2,2-3H3. The molecule has 0 fully saturated rings. The molecular formula is C19H18ClNO3. The Kier molecular flexibility index (Phi) is 6.53. The first-order valence-corrected chi connectivity index (χ1v) is 7.76. The molecule has 124 valence electrons. The molecule has 5 heteroatoms. The highest BCUT2D eigenvalue weighted by molar-refractivity contribution is 6.32. The fourth-order valence-corrected chi connectivity index (χ4v) is 2.27. The number of ether oxygens (including phenoxy) is 3. The van der Waals surface area contributed by atoms with Crippen molar-refractivity contribution in [1.29, 1.82) is 0 Å². The van der Waals surface area contributed by atoms with E-state index in [1.165, 1.54) is 0 Å². The van der Waals surface area contributed by atoms with Crippen LogP contribution < -0.4 is 14.2 Å². The SMILES string of the molecule is C#CCOc1c(Cl)cc(C=Nc2ccc(OC)cc2)cc1OCC. The van der Waals surface area contributed by atoms with Crippen LogP contribution in [0.5, 0.6) is 17.2 Å². The topological polar surface area (TPSA) is 40.0 Å². The maximum Gasteiger partial charge on any atom is 0.181 e. The van der Waals surface area contributed by atoms with Crippen molar-refractivity contribution < 1.29 is 14.2 Å². The third-order valence-electron chi connectivity index (χ3n) is 3.07. The summed E-state index contributed by atoms with van der Waals surface area (Å²) >= 11 is 6.28. The zero-order valence-corrected chi connectivity index (χ0v) is 14.3. The largest absolute Gasteiger partial charge is 0.497 e. The molecule has 2 aromatic rings. The van der Waals surface area contributed by atoms with E-state index < -0.39 is 0 Å². The first kappa shape index (κ1) is 17.7. The number of aliphatic imine (C=N–C) groups is 1. The lowest BCUT2D eigenvalue weighted by Gasteiger charge is -2.12. The van der Waals surface area contributed by atoms with Gasteiger partial charge in [-0.15, -0.1) is 6.42 Å². The molecule has 0 atom stereocenters. The van der Waals surface area contributed by atoms with Gasteiger partial charge in [0.1, 0.15) is 12.4 Å². The fraction of sp³-hybridized carbons (Fsp3) is 0.211. The summed E-state index contributed by atoms with van der Waals surface area (Å²) in [6, 6.07) is 11.0. The summed E-state index contributed by atoms with van der Waals surface area (Å²) in [5.41, 5.74) is 1.60. The minimum absolute atomic E-state index is 0.124. The molecule has 0 aliphatic heterocycles. The van der Waals surface area contributed by atoms with Crippen molar-refractivity contribution in [2.24, 2.45) is 4.99 Å². The van der Waals surface area contributed by atoms with Crippen molar-refractivity contribution in [3.05, 3.63) is 47.0 Å². The summed E-state index contributed by atoms with van der Waals surface area (Å²) in [5, 5.41) is 0.424. The summed E-state index contributed by atoms with van der Waals surface area (Å²) in [6.07, 6.45) is 6.93.